The molecule has 9 heteroatoms. The molecule has 0 saturated carbocycles. The van der Waals surface area contributed by atoms with Crippen molar-refractivity contribution >= 4 is 14.3 Å². The summed E-state index contributed by atoms with van der Waals surface area (Å²) >= 11 is 0. The minimum atomic E-state index is -2.11. The van der Waals surface area contributed by atoms with E-state index in [0.29, 0.717) is 32.0 Å². The summed E-state index contributed by atoms with van der Waals surface area (Å²) in [5, 5.41) is 8.89. The summed E-state index contributed by atoms with van der Waals surface area (Å²) in [6.45, 7) is 21.3. The lowest BCUT2D eigenvalue weighted by Gasteiger charge is -2.39. The van der Waals surface area contributed by atoms with Gasteiger partial charge in [-0.3, -0.25) is 0 Å². The van der Waals surface area contributed by atoms with E-state index in [0.717, 1.165) is 49.0 Å². The van der Waals surface area contributed by atoms with Gasteiger partial charge in [0.1, 0.15) is 11.9 Å². The number of ether oxygens (including phenoxy) is 5. The molecule has 2 aliphatic rings. The Morgan fingerprint density at radius 3 is 2.54 bits per heavy atom. The van der Waals surface area contributed by atoms with Crippen molar-refractivity contribution < 1.29 is 38.0 Å². The summed E-state index contributed by atoms with van der Waals surface area (Å²) in [5.41, 5.74) is 3.53. The molecule has 0 amide bonds. The monoisotopic (exact) mass is 762 g/mol. The van der Waals surface area contributed by atoms with Crippen molar-refractivity contribution in [2.75, 3.05) is 20.8 Å². The van der Waals surface area contributed by atoms with Gasteiger partial charge >= 0.3 is 5.97 Å². The molecule has 1 aromatic carbocycles. The zero-order valence-electron chi connectivity index (χ0n) is 34.3. The average molecular weight is 763 g/mol. The molecule has 2 unspecified atom stereocenters. The molecular formula is C45H66O8Si. The fourth-order valence-electron chi connectivity index (χ4n) is 6.39. The van der Waals surface area contributed by atoms with E-state index in [1.807, 2.05) is 30.3 Å². The van der Waals surface area contributed by atoms with Gasteiger partial charge in [-0.25, -0.2) is 4.79 Å². The Hall–Kier alpha value is -3.23. The summed E-state index contributed by atoms with van der Waals surface area (Å²) in [5.74, 6) is 4.93. The van der Waals surface area contributed by atoms with Gasteiger partial charge in [-0.1, -0.05) is 106 Å². The van der Waals surface area contributed by atoms with Crippen LogP contribution in [0.5, 0.6) is 5.75 Å². The molecule has 7 atom stereocenters. The minimum Gasteiger partial charge on any atom is -0.497 e. The molecule has 0 bridgehead atoms. The van der Waals surface area contributed by atoms with Gasteiger partial charge < -0.3 is 33.2 Å². The van der Waals surface area contributed by atoms with Crippen LogP contribution in [0.15, 0.2) is 84.5 Å². The van der Waals surface area contributed by atoms with E-state index < -0.39 is 14.3 Å². The molecule has 1 aromatic rings. The molecule has 298 valence electrons. The molecule has 3 rings (SSSR count). The smallest absolute Gasteiger partial charge is 0.381 e. The maximum absolute atomic E-state index is 10.8. The van der Waals surface area contributed by atoms with Crippen LogP contribution in [0, 0.1) is 17.8 Å². The third-order valence-corrected chi connectivity index (χ3v) is 14.9. The van der Waals surface area contributed by atoms with Gasteiger partial charge in [-0.15, -0.1) is 0 Å². The normalized spacial score (nSPS) is 21.6. The van der Waals surface area contributed by atoms with Crippen molar-refractivity contribution in [3.63, 3.8) is 0 Å². The Morgan fingerprint density at radius 1 is 1.15 bits per heavy atom. The summed E-state index contributed by atoms with van der Waals surface area (Å²) < 4.78 is 37.2. The molecule has 2 heterocycles. The topological polar surface area (TPSA) is 92.7 Å². The highest BCUT2D eigenvalue weighted by Crippen LogP contribution is 2.38. The molecule has 0 spiro atoms. The molecule has 0 aromatic heterocycles. The molecule has 8 nitrogen and oxygen atoms in total. The Kier molecular flexibility index (Phi) is 18.7. The standard InChI is InChI=1S/C45H66O8Si/c1-33-26-27-50-39(29-33)24-25-42(49-8)43(51-32-36-20-22-37(48-7)23-21-36)18-12-17-41(53-54(9,10)45(4,5)6)31-35(3)28-34(2)30-40-16-11-14-38(52-40)15-13-19-44(46)47/h11-12,14,17,20-26,34,38-43H,3,15-16,18,27-32H2,1-2,4-10H3,(H,46,47)/t34-,38-,39+,40-,41?,42?,43-/m0/s1. The number of carboxylic acids is 1. The van der Waals surface area contributed by atoms with Crippen molar-refractivity contribution in [3.8, 4) is 17.6 Å². The predicted octanol–water partition coefficient (Wildman–Crippen LogP) is 9.78. The van der Waals surface area contributed by atoms with Gasteiger partial charge in [0.05, 0.1) is 50.8 Å². The highest BCUT2D eigenvalue weighted by molar-refractivity contribution is 6.74. The first-order valence-corrected chi connectivity index (χ1v) is 22.3. The Morgan fingerprint density at radius 2 is 1.89 bits per heavy atom. The van der Waals surface area contributed by atoms with Crippen LogP contribution in [-0.2, 0) is 34.8 Å². The maximum atomic E-state index is 10.8. The summed E-state index contributed by atoms with van der Waals surface area (Å²) in [4.78, 5) is 10.8. The number of aliphatic carboxylic acids is 1. The summed E-state index contributed by atoms with van der Waals surface area (Å²) in [7, 11) is 1.28. The van der Waals surface area contributed by atoms with E-state index in [2.05, 4.69) is 103 Å². The number of rotatable bonds is 20. The molecule has 1 N–H and O–H groups in total. The molecule has 54 heavy (non-hydrogen) atoms. The molecule has 0 aliphatic carbocycles. The zero-order valence-corrected chi connectivity index (χ0v) is 35.3. The lowest BCUT2D eigenvalue weighted by molar-refractivity contribution is -0.130. The first-order chi connectivity index (χ1) is 25.6. The van der Waals surface area contributed by atoms with Crippen LogP contribution in [0.1, 0.15) is 85.1 Å². The third-order valence-electron chi connectivity index (χ3n) is 10.4. The van der Waals surface area contributed by atoms with Crippen LogP contribution in [0.4, 0.5) is 0 Å². The van der Waals surface area contributed by atoms with Crippen molar-refractivity contribution in [3.05, 3.63) is 90.1 Å². The first kappa shape index (κ1) is 45.2. The molecule has 0 saturated heterocycles. The second kappa shape index (κ2) is 22.4. The van der Waals surface area contributed by atoms with Crippen LogP contribution in [0.3, 0.4) is 0 Å². The molecule has 2 aliphatic heterocycles. The van der Waals surface area contributed by atoms with Gasteiger partial charge in [-0.2, -0.15) is 0 Å². The molecule has 0 radical (unpaired) electrons. The highest BCUT2D eigenvalue weighted by Gasteiger charge is 2.39. The quantitative estimate of drug-likeness (QED) is 0.0798. The Bertz CT molecular complexity index is 1510. The van der Waals surface area contributed by atoms with Gasteiger partial charge in [0.25, 0.3) is 0 Å². The van der Waals surface area contributed by atoms with Crippen LogP contribution in [0.2, 0.25) is 18.1 Å². The van der Waals surface area contributed by atoms with Crippen molar-refractivity contribution in [1.82, 2.24) is 0 Å². The van der Waals surface area contributed by atoms with E-state index >= 15 is 0 Å². The highest BCUT2D eigenvalue weighted by atomic mass is 28.4. The SMILES string of the molecule is C=C(CC(C=CC[C@H](OCc1ccc(OC)cc1)C(C=C[C@@H]1CC(C)=CCO1)OC)O[Si](C)(C)C(C)(C)C)C[C@H](C)C[C@@H]1CC=C[C@@H](CC#CC(=O)O)O1. The Balaban J connectivity index is 1.72. The summed E-state index contributed by atoms with van der Waals surface area (Å²) in [6.07, 6.45) is 19.2. The Labute approximate surface area is 326 Å². The van der Waals surface area contributed by atoms with Crippen LogP contribution < -0.4 is 4.74 Å². The van der Waals surface area contributed by atoms with Gasteiger partial charge in [0.15, 0.2) is 8.32 Å². The number of carbonyl (C=O) groups is 1. The largest absolute Gasteiger partial charge is 0.497 e. The third kappa shape index (κ3) is 16.2. The number of hydrogen-bond acceptors (Lipinski definition) is 7. The van der Waals surface area contributed by atoms with E-state index in [4.69, 9.17) is 33.2 Å². The molecular weight excluding hydrogens is 697 g/mol. The van der Waals surface area contributed by atoms with Crippen molar-refractivity contribution in [2.24, 2.45) is 5.92 Å². The lowest BCUT2D eigenvalue weighted by atomic mass is 9.91. The average Bonchev–Trinajstić information content (AvgIpc) is 3.10. The van der Waals surface area contributed by atoms with Crippen LogP contribution in [0.25, 0.3) is 0 Å². The van der Waals surface area contributed by atoms with Crippen molar-refractivity contribution in [1.29, 1.82) is 0 Å². The number of benzene rings is 1. The minimum absolute atomic E-state index is 0.0156. The van der Waals surface area contributed by atoms with E-state index in [9.17, 15) is 4.79 Å². The van der Waals surface area contributed by atoms with Crippen LogP contribution >= 0.6 is 0 Å². The fourth-order valence-corrected chi connectivity index (χ4v) is 7.67. The predicted molar refractivity (Wildman–Crippen MR) is 220 cm³/mol. The summed E-state index contributed by atoms with van der Waals surface area (Å²) in [6, 6.07) is 7.95. The van der Waals surface area contributed by atoms with Gasteiger partial charge in [-0.05, 0) is 87.2 Å². The number of hydrogen-bond donors (Lipinski definition) is 1. The van der Waals surface area contributed by atoms with Gasteiger partial charge in [0.2, 0.25) is 0 Å². The fraction of sp³-hybridized carbons (Fsp3) is 0.578. The van der Waals surface area contributed by atoms with Gasteiger partial charge in [0, 0.05) is 19.5 Å². The van der Waals surface area contributed by atoms with Crippen molar-refractivity contribution in [2.45, 2.75) is 141 Å². The second-order valence-electron chi connectivity index (χ2n) is 16.3. The maximum Gasteiger partial charge on any atom is 0.381 e. The number of methoxy groups -OCH3 is 2. The molecule has 0 fully saturated rings. The van der Waals surface area contributed by atoms with E-state index in [1.54, 1.807) is 14.2 Å². The van der Waals surface area contributed by atoms with E-state index in [1.165, 1.54) is 5.57 Å². The van der Waals surface area contributed by atoms with E-state index in [-0.39, 0.29) is 41.7 Å². The zero-order chi connectivity index (χ0) is 39.7. The van der Waals surface area contributed by atoms with Crippen LogP contribution in [-0.4, -0.2) is 76.8 Å². The lowest BCUT2D eigenvalue weighted by Crippen LogP contribution is -2.43. The first-order valence-electron chi connectivity index (χ1n) is 19.4. The second-order valence-corrected chi connectivity index (χ2v) is 21.0. The number of carboxylic acid groups (broad SMARTS) is 1.